The second kappa shape index (κ2) is 6.10. The average molecular weight is 370 g/mol. The van der Waals surface area contributed by atoms with Crippen LogP contribution in [0.1, 0.15) is 28.2 Å². The molecule has 122 valence electrons. The maximum atomic E-state index is 11.6. The average Bonchev–Trinajstić information content (AvgIpc) is 2.47. The van der Waals surface area contributed by atoms with Crippen LogP contribution >= 0.6 is 22.3 Å². The summed E-state index contributed by atoms with van der Waals surface area (Å²) in [4.78, 5) is 2.32. The smallest absolute Gasteiger partial charge is 0.261 e. The predicted molar refractivity (Wildman–Crippen MR) is 93.8 cm³/mol. The molecule has 6 heteroatoms. The van der Waals surface area contributed by atoms with Crippen molar-refractivity contribution in [2.75, 3.05) is 13.6 Å². The lowest BCUT2D eigenvalue weighted by Gasteiger charge is -2.33. The van der Waals surface area contributed by atoms with Crippen molar-refractivity contribution in [2.45, 2.75) is 24.3 Å². The number of halogens is 2. The molecule has 2 aromatic rings. The molecule has 3 nitrogen and oxygen atoms in total. The van der Waals surface area contributed by atoms with Gasteiger partial charge in [0.25, 0.3) is 9.05 Å². The summed E-state index contributed by atoms with van der Waals surface area (Å²) in [6.45, 7) is 3.61. The first kappa shape index (κ1) is 16.8. The largest absolute Gasteiger partial charge is 0.301 e. The Morgan fingerprint density at radius 2 is 1.96 bits per heavy atom. The third-order valence-electron chi connectivity index (χ3n) is 4.21. The predicted octanol–water partition coefficient (Wildman–Crippen LogP) is 4.15. The van der Waals surface area contributed by atoms with Gasteiger partial charge in [-0.15, -0.1) is 0 Å². The van der Waals surface area contributed by atoms with E-state index in [1.165, 1.54) is 6.07 Å². The van der Waals surface area contributed by atoms with Crippen LogP contribution in [-0.2, 0) is 15.6 Å². The van der Waals surface area contributed by atoms with Crippen molar-refractivity contribution in [3.63, 3.8) is 0 Å². The SMILES string of the molecule is Cc1cc(Cl)c2c(c1)[C@@H](c1cccc(S(=O)(=O)Cl)c1)CN(C)C2. The Kier molecular flexibility index (Phi) is 4.45. The van der Waals surface area contributed by atoms with Gasteiger partial charge in [0.1, 0.15) is 0 Å². The Bertz CT molecular complexity index is 865. The van der Waals surface area contributed by atoms with E-state index in [1.54, 1.807) is 12.1 Å². The Hall–Kier alpha value is -1.07. The van der Waals surface area contributed by atoms with Gasteiger partial charge in [-0.2, -0.15) is 0 Å². The highest BCUT2D eigenvalue weighted by atomic mass is 35.7. The van der Waals surface area contributed by atoms with Crippen LogP contribution in [0, 0.1) is 6.92 Å². The van der Waals surface area contributed by atoms with Gasteiger partial charge in [0.15, 0.2) is 0 Å². The van der Waals surface area contributed by atoms with Crippen LogP contribution in [0.25, 0.3) is 0 Å². The molecule has 0 bridgehead atoms. The van der Waals surface area contributed by atoms with Crippen molar-refractivity contribution >= 4 is 31.3 Å². The lowest BCUT2D eigenvalue weighted by Crippen LogP contribution is -2.31. The van der Waals surface area contributed by atoms with Gasteiger partial charge >= 0.3 is 0 Å². The van der Waals surface area contributed by atoms with Crippen molar-refractivity contribution < 1.29 is 8.42 Å². The number of rotatable bonds is 2. The molecule has 0 fully saturated rings. The zero-order chi connectivity index (χ0) is 16.8. The Morgan fingerprint density at radius 1 is 1.22 bits per heavy atom. The molecule has 1 heterocycles. The molecule has 2 aromatic carbocycles. The summed E-state index contributed by atoms with van der Waals surface area (Å²) in [5.41, 5.74) is 4.30. The molecule has 0 unspecified atom stereocenters. The number of benzene rings is 2. The van der Waals surface area contributed by atoms with Gasteiger partial charge in [-0.05, 0) is 54.4 Å². The van der Waals surface area contributed by atoms with E-state index >= 15 is 0 Å². The van der Waals surface area contributed by atoms with Crippen LogP contribution in [0.15, 0.2) is 41.3 Å². The van der Waals surface area contributed by atoms with Crippen molar-refractivity contribution in [3.8, 4) is 0 Å². The van der Waals surface area contributed by atoms with Crippen molar-refractivity contribution in [3.05, 3.63) is 63.7 Å². The number of hydrogen-bond donors (Lipinski definition) is 0. The van der Waals surface area contributed by atoms with Gasteiger partial charge in [-0.25, -0.2) is 8.42 Å². The van der Waals surface area contributed by atoms with Crippen LogP contribution in [0.2, 0.25) is 5.02 Å². The van der Waals surface area contributed by atoms with E-state index in [0.717, 1.165) is 40.4 Å². The molecule has 0 amide bonds. The van der Waals surface area contributed by atoms with E-state index in [9.17, 15) is 8.42 Å². The van der Waals surface area contributed by atoms with Crippen LogP contribution in [0.5, 0.6) is 0 Å². The summed E-state index contributed by atoms with van der Waals surface area (Å²) in [5, 5.41) is 0.762. The standard InChI is InChI=1S/C17H17Cl2NO2S/c1-11-6-14-15(9-20(2)10-16(14)17(18)7-11)12-4-3-5-13(8-12)23(19,21)22/h3-8,15H,9-10H2,1-2H3/t15-/m1/s1. The van der Waals surface area contributed by atoms with Gasteiger partial charge in [0.2, 0.25) is 0 Å². The van der Waals surface area contributed by atoms with Crippen LogP contribution in [-0.4, -0.2) is 26.9 Å². The summed E-state index contributed by atoms with van der Waals surface area (Å²) < 4.78 is 23.2. The molecule has 0 aliphatic carbocycles. The monoisotopic (exact) mass is 369 g/mol. The maximum absolute atomic E-state index is 11.6. The number of hydrogen-bond acceptors (Lipinski definition) is 3. The third kappa shape index (κ3) is 3.41. The summed E-state index contributed by atoms with van der Waals surface area (Å²) in [5.74, 6) is 0.0690. The fourth-order valence-corrected chi connectivity index (χ4v) is 4.34. The maximum Gasteiger partial charge on any atom is 0.261 e. The van der Waals surface area contributed by atoms with Gasteiger partial charge in [0, 0.05) is 34.7 Å². The minimum Gasteiger partial charge on any atom is -0.301 e. The first-order chi connectivity index (χ1) is 10.8. The molecule has 1 atom stereocenters. The van der Waals surface area contributed by atoms with E-state index < -0.39 is 9.05 Å². The molecule has 0 saturated heterocycles. The molecule has 0 aromatic heterocycles. The van der Waals surface area contributed by atoms with Gasteiger partial charge < -0.3 is 4.90 Å². The number of aryl methyl sites for hydroxylation is 1. The van der Waals surface area contributed by atoms with Gasteiger partial charge in [-0.3, -0.25) is 0 Å². The fraction of sp³-hybridized carbons (Fsp3) is 0.294. The molecular formula is C17H17Cl2NO2S. The van der Waals surface area contributed by atoms with Crippen molar-refractivity contribution in [2.24, 2.45) is 0 Å². The minimum absolute atomic E-state index is 0.0690. The number of likely N-dealkylation sites (N-methyl/N-ethyl adjacent to an activating group) is 1. The summed E-state index contributed by atoms with van der Waals surface area (Å²) in [7, 11) is 3.79. The lowest BCUT2D eigenvalue weighted by atomic mass is 9.84. The molecule has 3 rings (SSSR count). The second-order valence-electron chi connectivity index (χ2n) is 6.07. The molecule has 0 saturated carbocycles. The van der Waals surface area contributed by atoms with Crippen molar-refractivity contribution in [1.82, 2.24) is 4.90 Å². The molecule has 0 radical (unpaired) electrons. The van der Waals surface area contributed by atoms with Gasteiger partial charge in [0.05, 0.1) is 4.90 Å². The molecule has 0 spiro atoms. The van der Waals surface area contributed by atoms with E-state index in [-0.39, 0.29) is 10.8 Å². The van der Waals surface area contributed by atoms with E-state index in [1.807, 2.05) is 26.1 Å². The lowest BCUT2D eigenvalue weighted by molar-refractivity contribution is 0.295. The zero-order valence-corrected chi connectivity index (χ0v) is 15.2. The summed E-state index contributed by atoms with van der Waals surface area (Å²) >= 11 is 6.43. The molecule has 23 heavy (non-hydrogen) atoms. The minimum atomic E-state index is -3.74. The second-order valence-corrected chi connectivity index (χ2v) is 9.05. The Morgan fingerprint density at radius 3 is 2.65 bits per heavy atom. The molecule has 1 aliphatic heterocycles. The summed E-state index contributed by atoms with van der Waals surface area (Å²) in [6, 6.07) is 11.0. The quantitative estimate of drug-likeness (QED) is 0.746. The normalized spacial score (nSPS) is 18.7. The van der Waals surface area contributed by atoms with Crippen molar-refractivity contribution in [1.29, 1.82) is 0 Å². The van der Waals surface area contributed by atoms with Crippen LogP contribution in [0.4, 0.5) is 0 Å². The molecule has 1 aliphatic rings. The zero-order valence-electron chi connectivity index (χ0n) is 12.9. The first-order valence-electron chi connectivity index (χ1n) is 7.28. The number of fused-ring (bicyclic) bond motifs is 1. The highest BCUT2D eigenvalue weighted by Crippen LogP contribution is 2.37. The third-order valence-corrected chi connectivity index (χ3v) is 5.90. The van der Waals surface area contributed by atoms with E-state index in [2.05, 4.69) is 11.0 Å². The fourth-order valence-electron chi connectivity index (χ4n) is 3.19. The highest BCUT2D eigenvalue weighted by Gasteiger charge is 2.27. The Labute approximate surface area is 146 Å². The molecule has 0 N–H and O–H groups in total. The first-order valence-corrected chi connectivity index (χ1v) is 9.96. The number of nitrogens with zero attached hydrogens (tertiary/aromatic N) is 1. The highest BCUT2D eigenvalue weighted by molar-refractivity contribution is 8.13. The summed E-state index contributed by atoms with van der Waals surface area (Å²) in [6.07, 6.45) is 0. The van der Waals surface area contributed by atoms with Crippen LogP contribution in [0.3, 0.4) is 0 Å². The van der Waals surface area contributed by atoms with E-state index in [0.29, 0.717) is 0 Å². The molecular weight excluding hydrogens is 353 g/mol. The van der Waals surface area contributed by atoms with Gasteiger partial charge in [-0.1, -0.05) is 29.8 Å². The Balaban J connectivity index is 2.15. The topological polar surface area (TPSA) is 37.4 Å². The van der Waals surface area contributed by atoms with Crippen LogP contribution < -0.4 is 0 Å². The van der Waals surface area contributed by atoms with E-state index in [4.69, 9.17) is 22.3 Å².